The molecule has 0 aliphatic heterocycles. The molecule has 0 saturated heterocycles. The summed E-state index contributed by atoms with van der Waals surface area (Å²) in [6, 6.07) is -0.868. The van der Waals surface area contributed by atoms with Gasteiger partial charge >= 0.3 is 13.8 Å². The van der Waals surface area contributed by atoms with Crippen LogP contribution in [0.2, 0.25) is 0 Å². The maximum atomic E-state index is 13.6. The minimum atomic E-state index is -4.47. The Hall–Kier alpha value is -3.59. The first-order chi connectivity index (χ1) is 41.4. The lowest BCUT2D eigenvalue weighted by molar-refractivity contribution is -0.870. The number of phosphoric ester groups is 1. The zero-order valence-corrected chi connectivity index (χ0v) is 56.7. The van der Waals surface area contributed by atoms with Crippen molar-refractivity contribution in [2.24, 2.45) is 0 Å². The van der Waals surface area contributed by atoms with Gasteiger partial charge in [0.15, 0.2) is 0 Å². The highest BCUT2D eigenvalue weighted by Gasteiger charge is 2.30. The van der Waals surface area contributed by atoms with E-state index in [2.05, 4.69) is 135 Å². The first-order valence-corrected chi connectivity index (χ1v) is 36.4. The van der Waals surface area contributed by atoms with Crippen molar-refractivity contribution >= 4 is 19.7 Å². The Bertz CT molecular complexity index is 1870. The molecule has 0 rings (SSSR count). The van der Waals surface area contributed by atoms with Gasteiger partial charge < -0.3 is 19.4 Å². The number of likely N-dealkylation sites (N-methyl/N-ethyl adjacent to an activating group) is 1. The molecule has 2 N–H and O–H groups in total. The molecule has 0 aromatic rings. The Morgan fingerprint density at radius 2 is 0.753 bits per heavy atom. The van der Waals surface area contributed by atoms with Gasteiger partial charge in [-0.25, -0.2) is 4.57 Å². The molecule has 0 bridgehead atoms. The Kier molecular flexibility index (Phi) is 60.8. The van der Waals surface area contributed by atoms with Crippen molar-refractivity contribution in [3.63, 3.8) is 0 Å². The first-order valence-electron chi connectivity index (χ1n) is 34.9. The van der Waals surface area contributed by atoms with E-state index in [0.29, 0.717) is 23.9 Å². The molecule has 0 aromatic heterocycles. The lowest BCUT2D eigenvalue weighted by atomic mass is 10.0. The fourth-order valence-corrected chi connectivity index (χ4v) is 10.3. The average molecular weight is 1200 g/mol. The van der Waals surface area contributed by atoms with Crippen molar-refractivity contribution in [3.05, 3.63) is 122 Å². The Balaban J connectivity index is 5.21. The molecule has 0 aliphatic carbocycles. The minimum Gasteiger partial charge on any atom is -0.456 e. The second-order valence-electron chi connectivity index (χ2n) is 24.3. The number of carbonyl (C=O) groups is 2. The van der Waals surface area contributed by atoms with E-state index in [0.717, 1.165) is 141 Å². The molecule has 85 heavy (non-hydrogen) atoms. The molecule has 0 radical (unpaired) electrons. The number of phosphoric acid groups is 1. The number of hydrogen-bond acceptors (Lipinski definition) is 6. The summed E-state index contributed by atoms with van der Waals surface area (Å²) in [5.74, 6) is -0.532. The van der Waals surface area contributed by atoms with E-state index >= 15 is 0 Å². The first kappa shape index (κ1) is 81.4. The van der Waals surface area contributed by atoms with Gasteiger partial charge in [-0.3, -0.25) is 18.6 Å². The second kappa shape index (κ2) is 63.4. The lowest BCUT2D eigenvalue weighted by Crippen LogP contribution is -2.47. The predicted octanol–water partition coefficient (Wildman–Crippen LogP) is 22.2. The highest BCUT2D eigenvalue weighted by molar-refractivity contribution is 7.47. The molecular formula is C75H132N2O7P+. The molecule has 488 valence electrons. The van der Waals surface area contributed by atoms with Crippen molar-refractivity contribution in [1.29, 1.82) is 0 Å². The third-order valence-corrected chi connectivity index (χ3v) is 15.9. The summed E-state index contributed by atoms with van der Waals surface area (Å²) in [7, 11) is 1.47. The van der Waals surface area contributed by atoms with Gasteiger partial charge in [-0.05, 0) is 122 Å². The van der Waals surface area contributed by atoms with E-state index in [9.17, 15) is 19.0 Å². The van der Waals surface area contributed by atoms with Crippen molar-refractivity contribution in [1.82, 2.24) is 5.32 Å². The number of rotatable bonds is 62. The van der Waals surface area contributed by atoms with Crippen LogP contribution in [0.4, 0.5) is 0 Å². The van der Waals surface area contributed by atoms with Crippen LogP contribution in [0.3, 0.4) is 0 Å². The van der Waals surface area contributed by atoms with Gasteiger partial charge in [0.1, 0.15) is 19.3 Å². The summed E-state index contributed by atoms with van der Waals surface area (Å²) in [5.41, 5.74) is 0. The zero-order valence-electron chi connectivity index (χ0n) is 55.8. The Morgan fingerprint density at radius 3 is 1.15 bits per heavy atom. The number of allylic oxidation sites excluding steroid dienone is 19. The van der Waals surface area contributed by atoms with Crippen LogP contribution in [-0.4, -0.2) is 74.3 Å². The third kappa shape index (κ3) is 64.7. The molecule has 0 fully saturated rings. The molecule has 0 saturated carbocycles. The second-order valence-corrected chi connectivity index (χ2v) is 25.8. The molecule has 10 heteroatoms. The normalized spacial score (nSPS) is 14.3. The standard InChI is InChI=1S/C75H131N2O7P/c1-7-10-13-16-19-22-25-28-30-32-34-36-37-38-39-41-43-45-47-50-53-56-59-62-65-68-75(79)84-73(66-63-60-57-54-51-48-27-24-21-18-15-12-9-3)72(71-83-85(80,81)82-70-69-77(4,5)6)76-74(78)67-64-61-58-55-52-49-46-44-42-40-35-33-31-29-26-23-20-17-14-11-8-2/h10,13,19-20,22-23,28-31,34-36,38-40,43,45,63,66,72-73H,7-9,11-12,14-18,21,24-27,32-33,37,41-42,44,46-62,64-65,67-71H2,1-6H3,(H-,76,78,80,81)/p+1/b13-10-,22-19-,23-20-,30-28-,31-29-,36-34-,39-38-,40-35-,45-43-,66-63+. The molecule has 0 aromatic carbocycles. The van der Waals surface area contributed by atoms with E-state index < -0.39 is 20.0 Å². The van der Waals surface area contributed by atoms with E-state index in [1.807, 2.05) is 33.3 Å². The summed E-state index contributed by atoms with van der Waals surface area (Å²) < 4.78 is 30.8. The van der Waals surface area contributed by atoms with Crippen molar-refractivity contribution in [2.45, 2.75) is 303 Å². The van der Waals surface area contributed by atoms with Crippen LogP contribution < -0.4 is 5.32 Å². The monoisotopic (exact) mass is 1200 g/mol. The van der Waals surface area contributed by atoms with Crippen LogP contribution in [-0.2, 0) is 27.9 Å². The summed E-state index contributed by atoms with van der Waals surface area (Å²) in [4.78, 5) is 37.9. The van der Waals surface area contributed by atoms with Crippen LogP contribution in [0.15, 0.2) is 122 Å². The van der Waals surface area contributed by atoms with Gasteiger partial charge in [0.2, 0.25) is 5.91 Å². The molecule has 0 spiro atoms. The molecule has 1 amide bonds. The van der Waals surface area contributed by atoms with Crippen LogP contribution in [0, 0.1) is 0 Å². The van der Waals surface area contributed by atoms with Gasteiger partial charge in [-0.1, -0.05) is 277 Å². The Labute approximate surface area is 524 Å². The average Bonchev–Trinajstić information content (AvgIpc) is 3.48. The molecule has 3 atom stereocenters. The quantitative estimate of drug-likeness (QED) is 0.0205. The van der Waals surface area contributed by atoms with Crippen LogP contribution in [0.1, 0.15) is 290 Å². The fourth-order valence-electron chi connectivity index (χ4n) is 9.54. The summed E-state index contributed by atoms with van der Waals surface area (Å²) in [5, 5.41) is 3.06. The fraction of sp³-hybridized carbons (Fsp3) is 0.707. The zero-order chi connectivity index (χ0) is 62.1. The number of ether oxygens (including phenoxy) is 1. The van der Waals surface area contributed by atoms with Gasteiger partial charge in [0, 0.05) is 12.8 Å². The number of nitrogens with zero attached hydrogens (tertiary/aromatic N) is 1. The molecule has 3 unspecified atom stereocenters. The van der Waals surface area contributed by atoms with Crippen molar-refractivity contribution < 1.29 is 37.3 Å². The number of nitrogens with one attached hydrogen (secondary N) is 1. The SMILES string of the molecule is CC/C=C\C/C=C\C/C=C\C/C=C\C/C=C\C/C=C\CCCCCCCCC(=O)OC(/C=C/CCCCCCCCCCCCC)C(COP(=O)(O)OCC[N+](C)(C)C)NC(=O)CCCCCCCCCC/C=C\C/C=C\C/C=C\CCCCC. The van der Waals surface area contributed by atoms with Crippen LogP contribution >= 0.6 is 7.82 Å². The number of hydrogen-bond donors (Lipinski definition) is 2. The van der Waals surface area contributed by atoms with E-state index in [-0.39, 0.29) is 31.5 Å². The largest absolute Gasteiger partial charge is 0.472 e. The molecular weight excluding hydrogens is 1070 g/mol. The van der Waals surface area contributed by atoms with Gasteiger partial charge in [-0.15, -0.1) is 0 Å². The van der Waals surface area contributed by atoms with E-state index in [4.69, 9.17) is 13.8 Å². The summed E-state index contributed by atoms with van der Waals surface area (Å²) in [6.07, 6.45) is 89.1. The number of unbranched alkanes of at least 4 members (excludes halogenated alkanes) is 28. The van der Waals surface area contributed by atoms with E-state index in [1.165, 1.54) is 109 Å². The van der Waals surface area contributed by atoms with Gasteiger partial charge in [0.05, 0.1) is 33.8 Å². The van der Waals surface area contributed by atoms with E-state index in [1.54, 1.807) is 0 Å². The van der Waals surface area contributed by atoms with Crippen molar-refractivity contribution in [3.8, 4) is 0 Å². The van der Waals surface area contributed by atoms with Crippen molar-refractivity contribution in [2.75, 3.05) is 40.9 Å². The maximum absolute atomic E-state index is 13.6. The number of amides is 1. The molecule has 0 aliphatic rings. The Morgan fingerprint density at radius 1 is 0.424 bits per heavy atom. The number of esters is 1. The summed E-state index contributed by atoms with van der Waals surface area (Å²) >= 11 is 0. The lowest BCUT2D eigenvalue weighted by Gasteiger charge is -2.27. The smallest absolute Gasteiger partial charge is 0.456 e. The highest BCUT2D eigenvalue weighted by atomic mass is 31.2. The molecule has 0 heterocycles. The predicted molar refractivity (Wildman–Crippen MR) is 369 cm³/mol. The third-order valence-electron chi connectivity index (χ3n) is 14.9. The highest BCUT2D eigenvalue weighted by Crippen LogP contribution is 2.43. The maximum Gasteiger partial charge on any atom is 0.472 e. The summed E-state index contributed by atoms with van der Waals surface area (Å²) in [6.45, 7) is 6.86. The van der Waals surface area contributed by atoms with Crippen LogP contribution in [0.25, 0.3) is 0 Å². The molecule has 9 nitrogen and oxygen atoms in total. The number of carbonyl (C=O) groups excluding carboxylic acids is 2. The minimum absolute atomic E-state index is 0.0301. The number of quaternary nitrogens is 1. The van der Waals surface area contributed by atoms with Gasteiger partial charge in [-0.2, -0.15) is 0 Å². The van der Waals surface area contributed by atoms with Gasteiger partial charge in [0.25, 0.3) is 0 Å². The van der Waals surface area contributed by atoms with Crippen LogP contribution in [0.5, 0.6) is 0 Å². The topological polar surface area (TPSA) is 111 Å².